The van der Waals surface area contributed by atoms with E-state index in [2.05, 4.69) is 15.9 Å². The highest BCUT2D eigenvalue weighted by Gasteiger charge is 2.09. The topological polar surface area (TPSA) is 46.5 Å². The highest BCUT2D eigenvalue weighted by molar-refractivity contribution is 9.10. The third kappa shape index (κ3) is 3.08. The van der Waals surface area contributed by atoms with Gasteiger partial charge in [0.2, 0.25) is 0 Å². The van der Waals surface area contributed by atoms with Gasteiger partial charge in [-0.1, -0.05) is 15.9 Å². The predicted octanol–water partition coefficient (Wildman–Crippen LogP) is 3.93. The molecule has 0 unspecified atom stereocenters. The summed E-state index contributed by atoms with van der Waals surface area (Å²) in [4.78, 5) is 10.9. The number of carbonyl (C=O) groups is 1. The van der Waals surface area contributed by atoms with Gasteiger partial charge in [0.25, 0.3) is 0 Å². The molecule has 18 heavy (non-hydrogen) atoms. The van der Waals surface area contributed by atoms with Crippen molar-refractivity contribution < 1.29 is 19.0 Å². The molecule has 2 rings (SSSR count). The van der Waals surface area contributed by atoms with E-state index in [0.29, 0.717) is 11.3 Å². The van der Waals surface area contributed by atoms with E-state index in [9.17, 15) is 9.18 Å². The van der Waals surface area contributed by atoms with Crippen LogP contribution in [0.25, 0.3) is 0 Å². The van der Waals surface area contributed by atoms with E-state index in [1.165, 1.54) is 12.1 Å². The molecule has 6 heteroatoms. The van der Waals surface area contributed by atoms with Gasteiger partial charge in [0, 0.05) is 21.5 Å². The largest absolute Gasteiger partial charge is 0.488 e. The minimum Gasteiger partial charge on any atom is -0.488 e. The van der Waals surface area contributed by atoms with Crippen LogP contribution in [0.5, 0.6) is 5.75 Å². The number of thiophene rings is 1. The van der Waals surface area contributed by atoms with Crippen molar-refractivity contribution in [3.05, 3.63) is 50.4 Å². The molecule has 3 nitrogen and oxygen atoms in total. The van der Waals surface area contributed by atoms with E-state index < -0.39 is 5.97 Å². The average molecular weight is 331 g/mol. The Balaban J connectivity index is 2.06. The number of carboxylic acids is 1. The molecule has 1 N–H and O–H groups in total. The lowest BCUT2D eigenvalue weighted by Crippen LogP contribution is -1.98. The van der Waals surface area contributed by atoms with Gasteiger partial charge in [0.15, 0.2) is 0 Å². The van der Waals surface area contributed by atoms with Gasteiger partial charge in [-0.15, -0.1) is 11.3 Å². The van der Waals surface area contributed by atoms with Crippen LogP contribution in [0.4, 0.5) is 4.39 Å². The van der Waals surface area contributed by atoms with Crippen LogP contribution in [0.15, 0.2) is 34.1 Å². The molecule has 0 fully saturated rings. The van der Waals surface area contributed by atoms with E-state index in [-0.39, 0.29) is 17.3 Å². The molecule has 0 aliphatic rings. The first-order valence-electron chi connectivity index (χ1n) is 4.95. The van der Waals surface area contributed by atoms with Crippen LogP contribution in [-0.2, 0) is 6.61 Å². The Labute approximate surface area is 115 Å². The monoisotopic (exact) mass is 330 g/mol. The number of benzene rings is 1. The first-order chi connectivity index (χ1) is 8.56. The molecule has 0 bridgehead atoms. The maximum absolute atomic E-state index is 13.4. The van der Waals surface area contributed by atoms with Gasteiger partial charge in [-0.25, -0.2) is 9.18 Å². The Hall–Kier alpha value is -1.40. The molecule has 1 aromatic heterocycles. The van der Waals surface area contributed by atoms with E-state index in [1.54, 1.807) is 17.5 Å². The van der Waals surface area contributed by atoms with Crippen molar-refractivity contribution in [1.29, 1.82) is 0 Å². The van der Waals surface area contributed by atoms with Gasteiger partial charge in [0.1, 0.15) is 23.1 Å². The zero-order chi connectivity index (χ0) is 13.1. The van der Waals surface area contributed by atoms with Crippen LogP contribution in [0.1, 0.15) is 15.2 Å². The Kier molecular flexibility index (Phi) is 3.98. The summed E-state index contributed by atoms with van der Waals surface area (Å²) in [5, 5.41) is 10.3. The second-order valence-corrected chi connectivity index (χ2v) is 5.30. The standard InChI is InChI=1S/C12H8BrFO3S/c13-8-1-2-10(14)7(3-8)5-17-9-4-11(12(15)16)18-6-9/h1-4,6H,5H2,(H,15,16). The lowest BCUT2D eigenvalue weighted by atomic mass is 10.2. The fourth-order valence-corrected chi connectivity index (χ4v) is 2.39. The van der Waals surface area contributed by atoms with Crippen molar-refractivity contribution in [3.63, 3.8) is 0 Å². The minimum atomic E-state index is -0.997. The molecule has 0 amide bonds. The molecule has 0 aliphatic carbocycles. The average Bonchev–Trinajstić information content (AvgIpc) is 2.79. The summed E-state index contributed by atoms with van der Waals surface area (Å²) in [6.07, 6.45) is 0. The lowest BCUT2D eigenvalue weighted by Gasteiger charge is -2.05. The van der Waals surface area contributed by atoms with Crippen LogP contribution in [0.3, 0.4) is 0 Å². The summed E-state index contributed by atoms with van der Waals surface area (Å²) in [5.74, 6) is -0.924. The summed E-state index contributed by atoms with van der Waals surface area (Å²) in [6.45, 7) is 0.0566. The van der Waals surface area contributed by atoms with Gasteiger partial charge >= 0.3 is 5.97 Å². The summed E-state index contributed by atoms with van der Waals surface area (Å²) >= 11 is 4.32. The third-order valence-electron chi connectivity index (χ3n) is 2.19. The second kappa shape index (κ2) is 5.49. The SMILES string of the molecule is O=C(O)c1cc(OCc2cc(Br)ccc2F)cs1. The zero-order valence-electron chi connectivity index (χ0n) is 9.02. The van der Waals surface area contributed by atoms with Crippen molar-refractivity contribution in [3.8, 4) is 5.75 Å². The summed E-state index contributed by atoms with van der Waals surface area (Å²) in [5.41, 5.74) is 0.410. The molecule has 0 atom stereocenters. The highest BCUT2D eigenvalue weighted by Crippen LogP contribution is 2.23. The highest BCUT2D eigenvalue weighted by atomic mass is 79.9. The Bertz CT molecular complexity index is 582. The zero-order valence-corrected chi connectivity index (χ0v) is 11.4. The van der Waals surface area contributed by atoms with Crippen LogP contribution in [-0.4, -0.2) is 11.1 Å². The Morgan fingerprint density at radius 2 is 2.22 bits per heavy atom. The molecule has 2 aromatic rings. The quantitative estimate of drug-likeness (QED) is 0.923. The number of hydrogen-bond acceptors (Lipinski definition) is 3. The first kappa shape index (κ1) is 13.0. The van der Waals surface area contributed by atoms with E-state index in [4.69, 9.17) is 9.84 Å². The van der Waals surface area contributed by atoms with Gasteiger partial charge in [-0.2, -0.15) is 0 Å². The van der Waals surface area contributed by atoms with Crippen molar-refractivity contribution in [2.24, 2.45) is 0 Å². The molecule has 0 saturated heterocycles. The van der Waals surface area contributed by atoms with Crippen molar-refractivity contribution in [2.45, 2.75) is 6.61 Å². The molecule has 0 saturated carbocycles. The number of halogens is 2. The number of carboxylic acid groups (broad SMARTS) is 1. The summed E-state index contributed by atoms with van der Waals surface area (Å²) < 4.78 is 19.5. The first-order valence-corrected chi connectivity index (χ1v) is 6.62. The normalized spacial score (nSPS) is 10.3. The van der Waals surface area contributed by atoms with E-state index in [1.807, 2.05) is 0 Å². The van der Waals surface area contributed by atoms with Crippen molar-refractivity contribution >= 4 is 33.2 Å². The Morgan fingerprint density at radius 1 is 1.44 bits per heavy atom. The Morgan fingerprint density at radius 3 is 2.89 bits per heavy atom. The number of aromatic carboxylic acids is 1. The van der Waals surface area contributed by atoms with Crippen LogP contribution in [0, 0.1) is 5.82 Å². The van der Waals surface area contributed by atoms with Crippen LogP contribution >= 0.6 is 27.3 Å². The van der Waals surface area contributed by atoms with Gasteiger partial charge < -0.3 is 9.84 Å². The van der Waals surface area contributed by atoms with Crippen molar-refractivity contribution in [2.75, 3.05) is 0 Å². The fraction of sp³-hybridized carbons (Fsp3) is 0.0833. The molecule has 0 radical (unpaired) electrons. The third-order valence-corrected chi connectivity index (χ3v) is 3.58. The molecular formula is C12H8BrFO3S. The second-order valence-electron chi connectivity index (χ2n) is 3.48. The molecule has 0 spiro atoms. The minimum absolute atomic E-state index is 0.0566. The predicted molar refractivity (Wildman–Crippen MR) is 69.7 cm³/mol. The van der Waals surface area contributed by atoms with Gasteiger partial charge in [-0.05, 0) is 18.2 Å². The van der Waals surface area contributed by atoms with Gasteiger partial charge in [0.05, 0.1) is 0 Å². The summed E-state index contributed by atoms with van der Waals surface area (Å²) in [6, 6.07) is 5.99. The maximum atomic E-state index is 13.4. The number of ether oxygens (including phenoxy) is 1. The molecule has 94 valence electrons. The molecular weight excluding hydrogens is 323 g/mol. The maximum Gasteiger partial charge on any atom is 0.346 e. The van der Waals surface area contributed by atoms with Crippen LogP contribution in [0.2, 0.25) is 0 Å². The van der Waals surface area contributed by atoms with E-state index in [0.717, 1.165) is 15.8 Å². The molecule has 1 heterocycles. The molecule has 0 aliphatic heterocycles. The lowest BCUT2D eigenvalue weighted by molar-refractivity contribution is 0.0702. The van der Waals surface area contributed by atoms with E-state index >= 15 is 0 Å². The number of rotatable bonds is 4. The smallest absolute Gasteiger partial charge is 0.346 e. The van der Waals surface area contributed by atoms with Gasteiger partial charge in [-0.3, -0.25) is 0 Å². The summed E-state index contributed by atoms with van der Waals surface area (Å²) in [7, 11) is 0. The van der Waals surface area contributed by atoms with Crippen LogP contribution < -0.4 is 4.74 Å². The van der Waals surface area contributed by atoms with Crippen molar-refractivity contribution in [1.82, 2.24) is 0 Å². The number of hydrogen-bond donors (Lipinski definition) is 1. The fourth-order valence-electron chi connectivity index (χ4n) is 1.32. The molecule has 1 aromatic carbocycles.